The molecule has 1 nitrogen and oxygen atoms in total. The van der Waals surface area contributed by atoms with Crippen molar-refractivity contribution in [2.75, 3.05) is 12.3 Å². The van der Waals surface area contributed by atoms with E-state index >= 15 is 0 Å². The molecule has 1 aromatic carbocycles. The maximum atomic E-state index is 13.7. The highest BCUT2D eigenvalue weighted by atomic mass is 32.2. The van der Waals surface area contributed by atoms with Crippen molar-refractivity contribution >= 4 is 11.8 Å². The van der Waals surface area contributed by atoms with E-state index in [1.165, 1.54) is 6.07 Å². The minimum atomic E-state index is -0.479. The van der Waals surface area contributed by atoms with Crippen LogP contribution in [0.15, 0.2) is 12.1 Å². The third-order valence-electron chi connectivity index (χ3n) is 2.71. The Kier molecular flexibility index (Phi) is 3.82. The van der Waals surface area contributed by atoms with Gasteiger partial charge in [-0.05, 0) is 24.6 Å². The molecule has 0 saturated heterocycles. The molecule has 1 aliphatic rings. The predicted octanol–water partition coefficient (Wildman–Crippen LogP) is 3.25. The Morgan fingerprint density at radius 2 is 2.25 bits per heavy atom. The minimum Gasteiger partial charge on any atom is -0.309 e. The topological polar surface area (TPSA) is 12.0 Å². The summed E-state index contributed by atoms with van der Waals surface area (Å²) in [5.41, 5.74) is 1.45. The Hall–Kier alpha value is -0.610. The lowest BCUT2D eigenvalue weighted by Crippen LogP contribution is -2.28. The molecule has 0 amide bonds. The lowest BCUT2D eigenvalue weighted by atomic mass is 10.0. The number of rotatable bonds is 3. The normalized spacial score (nSPS) is 19.6. The molecule has 0 saturated carbocycles. The van der Waals surface area contributed by atoms with Crippen molar-refractivity contribution in [2.24, 2.45) is 0 Å². The number of halogens is 2. The van der Waals surface area contributed by atoms with E-state index in [1.807, 2.05) is 0 Å². The number of thioether (sulfide) groups is 1. The fourth-order valence-electron chi connectivity index (χ4n) is 2.00. The van der Waals surface area contributed by atoms with E-state index in [0.717, 1.165) is 30.3 Å². The van der Waals surface area contributed by atoms with Crippen molar-refractivity contribution in [3.8, 4) is 0 Å². The van der Waals surface area contributed by atoms with E-state index in [4.69, 9.17) is 0 Å². The SMILES string of the molecule is CCCNC1CSCc2cc(F)cc(F)c21. The molecule has 1 N–H and O–H groups in total. The van der Waals surface area contributed by atoms with Crippen LogP contribution in [-0.2, 0) is 5.75 Å². The molecule has 2 rings (SSSR count). The van der Waals surface area contributed by atoms with Crippen LogP contribution in [0.1, 0.15) is 30.5 Å². The first kappa shape index (κ1) is 11.9. The van der Waals surface area contributed by atoms with E-state index in [9.17, 15) is 8.78 Å². The van der Waals surface area contributed by atoms with Crippen LogP contribution in [0, 0.1) is 11.6 Å². The second-order valence-electron chi connectivity index (χ2n) is 3.98. The molecular weight excluding hydrogens is 228 g/mol. The largest absolute Gasteiger partial charge is 0.309 e. The van der Waals surface area contributed by atoms with Crippen LogP contribution in [0.2, 0.25) is 0 Å². The van der Waals surface area contributed by atoms with Crippen LogP contribution >= 0.6 is 11.8 Å². The highest BCUT2D eigenvalue weighted by Crippen LogP contribution is 2.33. The zero-order valence-corrected chi connectivity index (χ0v) is 10.0. The molecule has 0 bridgehead atoms. The maximum Gasteiger partial charge on any atom is 0.131 e. The minimum absolute atomic E-state index is 0.0225. The van der Waals surface area contributed by atoms with Gasteiger partial charge in [-0.1, -0.05) is 6.92 Å². The van der Waals surface area contributed by atoms with Crippen LogP contribution in [0.3, 0.4) is 0 Å². The third-order valence-corrected chi connectivity index (χ3v) is 3.80. The molecule has 0 aromatic heterocycles. The van der Waals surface area contributed by atoms with Crippen molar-refractivity contribution in [1.29, 1.82) is 0 Å². The highest BCUT2D eigenvalue weighted by Gasteiger charge is 2.24. The van der Waals surface area contributed by atoms with Gasteiger partial charge in [0.05, 0.1) is 0 Å². The highest BCUT2D eigenvalue weighted by molar-refractivity contribution is 7.98. The molecule has 1 unspecified atom stereocenters. The Morgan fingerprint density at radius 1 is 1.44 bits per heavy atom. The molecule has 1 aliphatic heterocycles. The van der Waals surface area contributed by atoms with E-state index < -0.39 is 11.6 Å². The summed E-state index contributed by atoms with van der Waals surface area (Å²) in [6.07, 6.45) is 1.01. The molecule has 1 aromatic rings. The van der Waals surface area contributed by atoms with Crippen LogP contribution in [-0.4, -0.2) is 12.3 Å². The standard InChI is InChI=1S/C12H15F2NS/c1-2-3-15-11-7-16-6-8-4-9(13)5-10(14)12(8)11/h4-5,11,15H,2-3,6-7H2,1H3. The summed E-state index contributed by atoms with van der Waals surface area (Å²) in [6.45, 7) is 2.94. The zero-order valence-electron chi connectivity index (χ0n) is 9.22. The van der Waals surface area contributed by atoms with Gasteiger partial charge in [-0.3, -0.25) is 0 Å². The monoisotopic (exact) mass is 243 g/mol. The van der Waals surface area contributed by atoms with Crippen molar-refractivity contribution in [3.05, 3.63) is 34.9 Å². The lowest BCUT2D eigenvalue weighted by molar-refractivity contribution is 0.514. The third kappa shape index (κ3) is 2.38. The summed E-state index contributed by atoms with van der Waals surface area (Å²) in [4.78, 5) is 0. The van der Waals surface area contributed by atoms with Crippen molar-refractivity contribution < 1.29 is 8.78 Å². The van der Waals surface area contributed by atoms with Crippen LogP contribution in [0.5, 0.6) is 0 Å². The average molecular weight is 243 g/mol. The Labute approximate surface area is 98.6 Å². The molecule has 0 radical (unpaired) electrons. The van der Waals surface area contributed by atoms with Crippen molar-refractivity contribution in [1.82, 2.24) is 5.32 Å². The summed E-state index contributed by atoms with van der Waals surface area (Å²) in [7, 11) is 0. The molecule has 0 aliphatic carbocycles. The molecule has 4 heteroatoms. The van der Waals surface area contributed by atoms with Gasteiger partial charge in [0, 0.05) is 29.2 Å². The van der Waals surface area contributed by atoms with Gasteiger partial charge in [-0.25, -0.2) is 8.78 Å². The van der Waals surface area contributed by atoms with Crippen molar-refractivity contribution in [2.45, 2.75) is 25.1 Å². The van der Waals surface area contributed by atoms with E-state index in [2.05, 4.69) is 12.2 Å². The fourth-order valence-corrected chi connectivity index (χ4v) is 3.09. The second kappa shape index (κ2) is 5.15. The summed E-state index contributed by atoms with van der Waals surface area (Å²) in [6, 6.07) is 2.45. The number of nitrogens with one attached hydrogen (secondary N) is 1. The van der Waals surface area contributed by atoms with Gasteiger partial charge in [-0.15, -0.1) is 0 Å². The molecule has 1 heterocycles. The van der Waals surface area contributed by atoms with Crippen molar-refractivity contribution in [3.63, 3.8) is 0 Å². The second-order valence-corrected chi connectivity index (χ2v) is 5.01. The molecule has 16 heavy (non-hydrogen) atoms. The fraction of sp³-hybridized carbons (Fsp3) is 0.500. The van der Waals surface area contributed by atoms with E-state index in [1.54, 1.807) is 11.8 Å². The molecule has 88 valence electrons. The van der Waals surface area contributed by atoms with Gasteiger partial charge < -0.3 is 5.32 Å². The molecular formula is C12H15F2NS. The van der Waals surface area contributed by atoms with Gasteiger partial charge in [0.15, 0.2) is 0 Å². The molecule has 0 spiro atoms. The lowest BCUT2D eigenvalue weighted by Gasteiger charge is -2.26. The number of benzene rings is 1. The van der Waals surface area contributed by atoms with E-state index in [0.29, 0.717) is 11.3 Å². The first-order chi connectivity index (χ1) is 7.72. The quantitative estimate of drug-likeness (QED) is 0.874. The predicted molar refractivity (Wildman–Crippen MR) is 63.6 cm³/mol. The summed E-state index contributed by atoms with van der Waals surface area (Å²) in [5.74, 6) is 0.668. The summed E-state index contributed by atoms with van der Waals surface area (Å²) in [5, 5.41) is 3.30. The maximum absolute atomic E-state index is 13.7. The molecule has 0 fully saturated rings. The van der Waals surface area contributed by atoms with E-state index in [-0.39, 0.29) is 6.04 Å². The van der Waals surface area contributed by atoms with Crippen LogP contribution in [0.4, 0.5) is 8.78 Å². The number of fused-ring (bicyclic) bond motifs is 1. The average Bonchev–Trinajstić information content (AvgIpc) is 2.25. The first-order valence-electron chi connectivity index (χ1n) is 5.51. The van der Waals surface area contributed by atoms with Gasteiger partial charge in [0.25, 0.3) is 0 Å². The van der Waals surface area contributed by atoms with Gasteiger partial charge >= 0.3 is 0 Å². The zero-order chi connectivity index (χ0) is 11.5. The van der Waals surface area contributed by atoms with Gasteiger partial charge in [0.2, 0.25) is 0 Å². The Morgan fingerprint density at radius 3 is 3.00 bits per heavy atom. The Bertz CT molecular complexity index is 382. The Balaban J connectivity index is 2.30. The smallest absolute Gasteiger partial charge is 0.131 e. The summed E-state index contributed by atoms with van der Waals surface area (Å²) >= 11 is 1.72. The summed E-state index contributed by atoms with van der Waals surface area (Å²) < 4.78 is 26.8. The van der Waals surface area contributed by atoms with Gasteiger partial charge in [0.1, 0.15) is 11.6 Å². The van der Waals surface area contributed by atoms with Crippen LogP contribution < -0.4 is 5.32 Å². The first-order valence-corrected chi connectivity index (χ1v) is 6.66. The molecule has 1 atom stereocenters. The van der Waals surface area contributed by atoms with Crippen LogP contribution in [0.25, 0.3) is 0 Å². The number of hydrogen-bond acceptors (Lipinski definition) is 2. The number of hydrogen-bond donors (Lipinski definition) is 1. The van der Waals surface area contributed by atoms with Gasteiger partial charge in [-0.2, -0.15) is 11.8 Å².